The lowest BCUT2D eigenvalue weighted by molar-refractivity contribution is 0.534. The molecule has 0 aromatic heterocycles. The van der Waals surface area contributed by atoms with Gasteiger partial charge in [0.1, 0.15) is 0 Å². The number of hydrogen-bond donors (Lipinski definition) is 2. The first-order chi connectivity index (χ1) is 3.00. The van der Waals surface area contributed by atoms with E-state index in [-0.39, 0.29) is 22.5 Å². The average molecular weight is 157 g/mol. The maximum atomic E-state index is 3.22. The molecule has 0 unspecified atom stereocenters. The molecule has 1 aliphatic heterocycles. The zero-order valence-corrected chi connectivity index (χ0v) is 5.63. The van der Waals surface area contributed by atoms with Crippen LogP contribution < -0.4 is 10.6 Å². The summed E-state index contributed by atoms with van der Waals surface area (Å²) in [5, 5.41) is 6.44. The van der Waals surface area contributed by atoms with E-state index in [1.807, 2.05) is 0 Å². The normalized spacial score (nSPS) is 14.4. The molecule has 2 N–H and O–H groups in total. The second-order valence-corrected chi connectivity index (χ2v) is 1.50. The first-order valence-corrected chi connectivity index (χ1v) is 2.41. The first-order valence-electron chi connectivity index (χ1n) is 2.41. The predicted molar refractivity (Wildman–Crippen MR) is 39.0 cm³/mol. The number of nitrogens with one attached hydrogen (secondary N) is 2. The third kappa shape index (κ3) is 10.7. The van der Waals surface area contributed by atoms with Crippen molar-refractivity contribution in [3.8, 4) is 0 Å². The Labute approximate surface area is 60.4 Å². The second kappa shape index (κ2) is 15.9. The summed E-state index contributed by atoms with van der Waals surface area (Å²) < 4.78 is 0. The van der Waals surface area contributed by atoms with E-state index in [1.54, 1.807) is 0 Å². The van der Waals surface area contributed by atoms with E-state index in [2.05, 4.69) is 10.6 Å². The highest BCUT2D eigenvalue weighted by Gasteiger charge is 1.91. The van der Waals surface area contributed by atoms with Crippen LogP contribution in [0.15, 0.2) is 0 Å². The quantitative estimate of drug-likeness (QED) is 0.452. The third-order valence-corrected chi connectivity index (χ3v) is 0.957. The Morgan fingerprint density at radius 3 is 0.900 bits per heavy atom. The van der Waals surface area contributed by atoms with E-state index < -0.39 is 0 Å². The maximum absolute atomic E-state index is 3.22. The average Bonchev–Trinajstić information content (AvgIpc) is 1.72. The summed E-state index contributed by atoms with van der Waals surface area (Å²) in [6.07, 6.45) is 0. The summed E-state index contributed by atoms with van der Waals surface area (Å²) in [6, 6.07) is 0. The summed E-state index contributed by atoms with van der Waals surface area (Å²) in [7, 11) is 0. The minimum absolute atomic E-state index is 0. The molecule has 1 heterocycles. The molecule has 0 aliphatic carbocycles. The van der Waals surface area contributed by atoms with Gasteiger partial charge in [0, 0.05) is 34.6 Å². The van der Waals surface area contributed by atoms with Crippen LogP contribution in [0.1, 0.15) is 0 Å². The van der Waals surface area contributed by atoms with E-state index in [4.69, 9.17) is 0 Å². The highest BCUT2D eigenvalue weighted by molar-refractivity contribution is 5.75. The molecule has 6 heteroatoms. The molecule has 0 amide bonds. The van der Waals surface area contributed by atoms with Gasteiger partial charge >= 0.3 is 0 Å². The summed E-state index contributed by atoms with van der Waals surface area (Å²) in [5.74, 6) is 0. The van der Waals surface area contributed by atoms with Gasteiger partial charge in [0.25, 0.3) is 0 Å². The van der Waals surface area contributed by atoms with Gasteiger partial charge in [-0.25, -0.2) is 0 Å². The van der Waals surface area contributed by atoms with Crippen molar-refractivity contribution in [1.29, 1.82) is 0 Å². The second-order valence-electron chi connectivity index (χ2n) is 1.50. The SMILES string of the molecule is C1CNCCN1.F.F.F.[B]. The molecular weight excluding hydrogens is 144 g/mol. The zero-order chi connectivity index (χ0) is 4.24. The van der Waals surface area contributed by atoms with Crippen LogP contribution >= 0.6 is 0 Å². The van der Waals surface area contributed by atoms with Crippen molar-refractivity contribution in [1.82, 2.24) is 10.6 Å². The molecule has 0 aromatic carbocycles. The van der Waals surface area contributed by atoms with Crippen LogP contribution in [-0.2, 0) is 0 Å². The van der Waals surface area contributed by atoms with Crippen LogP contribution in [0, 0.1) is 0 Å². The third-order valence-electron chi connectivity index (χ3n) is 0.957. The molecule has 1 rings (SSSR count). The predicted octanol–water partition coefficient (Wildman–Crippen LogP) is -0.744. The van der Waals surface area contributed by atoms with Crippen molar-refractivity contribution >= 4 is 8.41 Å². The molecule has 3 radical (unpaired) electrons. The summed E-state index contributed by atoms with van der Waals surface area (Å²) in [5.41, 5.74) is 0. The Morgan fingerprint density at radius 1 is 0.600 bits per heavy atom. The molecule has 0 bridgehead atoms. The van der Waals surface area contributed by atoms with Crippen LogP contribution in [0.5, 0.6) is 0 Å². The molecule has 0 aromatic rings. The lowest BCUT2D eigenvalue weighted by Crippen LogP contribution is -2.39. The Morgan fingerprint density at radius 2 is 0.800 bits per heavy atom. The van der Waals surface area contributed by atoms with Gasteiger partial charge in [0.05, 0.1) is 0 Å². The number of hydrogen-bond acceptors (Lipinski definition) is 2. The highest BCUT2D eigenvalue weighted by atomic mass is 19.0. The molecule has 1 aliphatic rings. The largest absolute Gasteiger partial charge is 0.314 e. The number of piperazine rings is 1. The van der Waals surface area contributed by atoms with E-state index in [1.165, 1.54) is 0 Å². The first kappa shape index (κ1) is 22.6. The fourth-order valence-corrected chi connectivity index (χ4v) is 0.604. The van der Waals surface area contributed by atoms with Gasteiger partial charge in [-0.1, -0.05) is 0 Å². The molecule has 2 nitrogen and oxygen atoms in total. The number of rotatable bonds is 0. The minimum Gasteiger partial charge on any atom is -0.314 e. The van der Waals surface area contributed by atoms with Crippen molar-refractivity contribution in [2.45, 2.75) is 0 Å². The van der Waals surface area contributed by atoms with Gasteiger partial charge in [-0.2, -0.15) is 0 Å². The van der Waals surface area contributed by atoms with Crippen LogP contribution in [0.3, 0.4) is 0 Å². The standard InChI is InChI=1S/C4H10N2.B.3FH/c1-2-6-4-3-5-1;;;;/h5-6H,1-4H2;;3*1H. The fraction of sp³-hybridized carbons (Fsp3) is 1.00. The van der Waals surface area contributed by atoms with Gasteiger partial charge in [0.15, 0.2) is 0 Å². The molecule has 1 saturated heterocycles. The maximum Gasteiger partial charge on any atom is 0.00772 e. The molecule has 1 fully saturated rings. The van der Waals surface area contributed by atoms with Gasteiger partial charge in [0.2, 0.25) is 0 Å². The van der Waals surface area contributed by atoms with E-state index in [9.17, 15) is 0 Å². The molecular formula is C4H13BF3N2. The van der Waals surface area contributed by atoms with Crippen LogP contribution in [0.4, 0.5) is 14.1 Å². The Bertz CT molecular complexity index is 34.0. The Kier molecular flexibility index (Phi) is 35.9. The fourth-order valence-electron chi connectivity index (χ4n) is 0.604. The topological polar surface area (TPSA) is 24.1 Å². The van der Waals surface area contributed by atoms with Crippen LogP contribution in [0.2, 0.25) is 0 Å². The van der Waals surface area contributed by atoms with Crippen molar-refractivity contribution < 1.29 is 14.1 Å². The Balaban J connectivity index is -0.0000000450. The lowest BCUT2D eigenvalue weighted by atomic mass is 10.4. The lowest BCUT2D eigenvalue weighted by Gasteiger charge is -2.11. The monoisotopic (exact) mass is 157 g/mol. The van der Waals surface area contributed by atoms with Crippen molar-refractivity contribution in [3.05, 3.63) is 0 Å². The molecule has 0 spiro atoms. The molecule has 0 saturated carbocycles. The highest BCUT2D eigenvalue weighted by Crippen LogP contribution is 1.65. The van der Waals surface area contributed by atoms with E-state index >= 15 is 0 Å². The van der Waals surface area contributed by atoms with E-state index in [0.29, 0.717) is 0 Å². The van der Waals surface area contributed by atoms with Crippen LogP contribution in [-0.4, -0.2) is 34.6 Å². The van der Waals surface area contributed by atoms with Gasteiger partial charge in [-0.05, 0) is 0 Å². The van der Waals surface area contributed by atoms with Crippen molar-refractivity contribution in [2.24, 2.45) is 0 Å². The summed E-state index contributed by atoms with van der Waals surface area (Å²) >= 11 is 0. The van der Waals surface area contributed by atoms with E-state index in [0.717, 1.165) is 26.2 Å². The van der Waals surface area contributed by atoms with Crippen LogP contribution in [0.25, 0.3) is 0 Å². The zero-order valence-electron chi connectivity index (χ0n) is 5.63. The van der Waals surface area contributed by atoms with Gasteiger partial charge < -0.3 is 10.6 Å². The van der Waals surface area contributed by atoms with Gasteiger partial charge in [-0.15, -0.1) is 0 Å². The molecule has 10 heavy (non-hydrogen) atoms. The minimum atomic E-state index is 0. The Hall–Kier alpha value is -0.225. The van der Waals surface area contributed by atoms with Crippen molar-refractivity contribution in [2.75, 3.05) is 26.2 Å². The smallest absolute Gasteiger partial charge is 0.00772 e. The van der Waals surface area contributed by atoms with Gasteiger partial charge in [-0.3, -0.25) is 14.1 Å². The van der Waals surface area contributed by atoms with Crippen molar-refractivity contribution in [3.63, 3.8) is 0 Å². The summed E-state index contributed by atoms with van der Waals surface area (Å²) in [4.78, 5) is 0. The number of halogens is 3. The summed E-state index contributed by atoms with van der Waals surface area (Å²) in [6.45, 7) is 4.56. The molecule has 0 atom stereocenters. The molecule has 63 valence electrons.